The molecule has 0 bridgehead atoms. The van der Waals surface area contributed by atoms with Crippen molar-refractivity contribution in [3.8, 4) is 22.5 Å². The van der Waals surface area contributed by atoms with E-state index in [1.165, 1.54) is 38.3 Å². The molecule has 0 unspecified atom stereocenters. The molecule has 0 aliphatic rings. The highest BCUT2D eigenvalue weighted by Gasteiger charge is 2.20. The van der Waals surface area contributed by atoms with Crippen LogP contribution in [0.5, 0.6) is 0 Å². The van der Waals surface area contributed by atoms with Crippen molar-refractivity contribution in [3.05, 3.63) is 146 Å². The summed E-state index contributed by atoms with van der Waals surface area (Å²) in [6.45, 7) is 0. The van der Waals surface area contributed by atoms with Crippen LogP contribution in [0, 0.1) is 0 Å². The van der Waals surface area contributed by atoms with E-state index in [4.69, 9.17) is 4.42 Å². The Hall–Kier alpha value is -5.54. The largest absolute Gasteiger partial charge is 0.439 e. The number of rotatable bonds is 3. The van der Waals surface area contributed by atoms with E-state index < -0.39 is 0 Å². The zero-order valence-electron chi connectivity index (χ0n) is 22.2. The molecule has 0 fully saturated rings. The standard InChI is InChI=1S/C38H24N2O/c1-2-10-27(11-3-1)40-35-24-26(20-23-31(35)37-32-14-6-9-17-36(32)41-38(37)40)25-18-21-28(22-19-25)39-33-15-7-4-12-29(33)30-13-5-8-16-34(30)39/h1-24H. The van der Waals surface area contributed by atoms with Gasteiger partial charge in [-0.3, -0.25) is 4.57 Å². The summed E-state index contributed by atoms with van der Waals surface area (Å²) in [5.74, 6) is 0. The molecule has 192 valence electrons. The number of para-hydroxylation sites is 4. The summed E-state index contributed by atoms with van der Waals surface area (Å²) in [5, 5.41) is 6.05. The Kier molecular flexibility index (Phi) is 4.61. The van der Waals surface area contributed by atoms with Crippen LogP contribution in [-0.4, -0.2) is 9.13 Å². The van der Waals surface area contributed by atoms with Crippen LogP contribution in [0.3, 0.4) is 0 Å². The fourth-order valence-corrected chi connectivity index (χ4v) is 6.50. The average Bonchev–Trinajstić information content (AvgIpc) is 3.68. The van der Waals surface area contributed by atoms with Gasteiger partial charge in [-0.05, 0) is 59.7 Å². The Bertz CT molecular complexity index is 2350. The highest BCUT2D eigenvalue weighted by atomic mass is 16.3. The molecule has 0 radical (unpaired) electrons. The lowest BCUT2D eigenvalue weighted by Gasteiger charge is -2.10. The fourth-order valence-electron chi connectivity index (χ4n) is 6.50. The van der Waals surface area contributed by atoms with Gasteiger partial charge in [0.25, 0.3) is 0 Å². The van der Waals surface area contributed by atoms with E-state index in [0.29, 0.717) is 0 Å². The van der Waals surface area contributed by atoms with Crippen LogP contribution in [0.15, 0.2) is 150 Å². The van der Waals surface area contributed by atoms with E-state index in [0.717, 1.165) is 39.0 Å². The highest BCUT2D eigenvalue weighted by molar-refractivity contribution is 6.20. The fraction of sp³-hybridized carbons (Fsp3) is 0. The maximum atomic E-state index is 6.46. The van der Waals surface area contributed by atoms with Gasteiger partial charge in [-0.2, -0.15) is 0 Å². The Balaban J connectivity index is 1.23. The van der Waals surface area contributed by atoms with Gasteiger partial charge in [0.1, 0.15) is 5.58 Å². The Morgan fingerprint density at radius 2 is 0.976 bits per heavy atom. The Morgan fingerprint density at radius 3 is 1.71 bits per heavy atom. The van der Waals surface area contributed by atoms with Gasteiger partial charge in [0.15, 0.2) is 0 Å². The summed E-state index contributed by atoms with van der Waals surface area (Å²) >= 11 is 0. The quantitative estimate of drug-likeness (QED) is 0.225. The van der Waals surface area contributed by atoms with Crippen LogP contribution < -0.4 is 0 Å². The van der Waals surface area contributed by atoms with Gasteiger partial charge in [-0.1, -0.05) is 97.1 Å². The van der Waals surface area contributed by atoms with Gasteiger partial charge in [-0.15, -0.1) is 0 Å². The number of furan rings is 1. The van der Waals surface area contributed by atoms with Crippen LogP contribution in [0.2, 0.25) is 0 Å². The highest BCUT2D eigenvalue weighted by Crippen LogP contribution is 2.40. The third kappa shape index (κ3) is 3.20. The molecule has 3 heterocycles. The van der Waals surface area contributed by atoms with Crippen molar-refractivity contribution in [1.29, 1.82) is 0 Å². The first-order valence-corrected chi connectivity index (χ1v) is 14.0. The van der Waals surface area contributed by atoms with E-state index in [-0.39, 0.29) is 0 Å². The van der Waals surface area contributed by atoms with E-state index >= 15 is 0 Å². The minimum absolute atomic E-state index is 0.881. The lowest BCUT2D eigenvalue weighted by Crippen LogP contribution is -1.94. The van der Waals surface area contributed by atoms with Crippen molar-refractivity contribution in [2.24, 2.45) is 0 Å². The maximum absolute atomic E-state index is 6.46. The molecule has 0 saturated heterocycles. The minimum atomic E-state index is 0.881. The van der Waals surface area contributed by atoms with Crippen molar-refractivity contribution in [2.75, 3.05) is 0 Å². The van der Waals surface area contributed by atoms with Gasteiger partial charge in [0.05, 0.1) is 21.9 Å². The molecule has 0 N–H and O–H groups in total. The normalized spacial score (nSPS) is 11.9. The van der Waals surface area contributed by atoms with Gasteiger partial charge < -0.3 is 8.98 Å². The third-order valence-corrected chi connectivity index (χ3v) is 8.34. The number of fused-ring (bicyclic) bond motifs is 8. The van der Waals surface area contributed by atoms with Gasteiger partial charge in [0.2, 0.25) is 5.71 Å². The second-order valence-electron chi connectivity index (χ2n) is 10.6. The first kappa shape index (κ1) is 22.3. The van der Waals surface area contributed by atoms with E-state index in [1.807, 2.05) is 12.1 Å². The molecule has 6 aromatic carbocycles. The summed E-state index contributed by atoms with van der Waals surface area (Å²) < 4.78 is 11.1. The maximum Gasteiger partial charge on any atom is 0.213 e. The average molecular weight is 525 g/mol. The summed E-state index contributed by atoms with van der Waals surface area (Å²) in [6.07, 6.45) is 0. The Labute approximate surface area is 236 Å². The number of hydrogen-bond acceptors (Lipinski definition) is 1. The third-order valence-electron chi connectivity index (χ3n) is 8.34. The van der Waals surface area contributed by atoms with Crippen LogP contribution in [0.4, 0.5) is 0 Å². The zero-order valence-corrected chi connectivity index (χ0v) is 22.2. The van der Waals surface area contributed by atoms with Gasteiger partial charge in [-0.25, -0.2) is 0 Å². The predicted octanol–water partition coefficient (Wildman–Crippen LogP) is 10.3. The number of benzene rings is 6. The molecule has 0 saturated carbocycles. The summed E-state index contributed by atoms with van der Waals surface area (Å²) in [4.78, 5) is 0. The molecule has 0 aliphatic carbocycles. The molecule has 0 aliphatic heterocycles. The van der Waals surface area contributed by atoms with Crippen LogP contribution in [0.1, 0.15) is 0 Å². The first-order valence-electron chi connectivity index (χ1n) is 14.0. The molecular formula is C38H24N2O. The number of aromatic nitrogens is 2. The zero-order chi connectivity index (χ0) is 26.9. The molecule has 3 nitrogen and oxygen atoms in total. The first-order chi connectivity index (χ1) is 20.3. The smallest absolute Gasteiger partial charge is 0.213 e. The number of hydrogen-bond donors (Lipinski definition) is 0. The van der Waals surface area contributed by atoms with Crippen molar-refractivity contribution in [1.82, 2.24) is 9.13 Å². The van der Waals surface area contributed by atoms with Crippen molar-refractivity contribution >= 4 is 54.8 Å². The molecule has 3 heteroatoms. The summed E-state index contributed by atoms with van der Waals surface area (Å²) in [6, 6.07) is 51.8. The lowest BCUT2D eigenvalue weighted by molar-refractivity contribution is 0.645. The Morgan fingerprint density at radius 1 is 0.390 bits per heavy atom. The molecule has 9 rings (SSSR count). The van der Waals surface area contributed by atoms with Crippen molar-refractivity contribution in [2.45, 2.75) is 0 Å². The topological polar surface area (TPSA) is 23.0 Å². The van der Waals surface area contributed by atoms with E-state index in [1.54, 1.807) is 0 Å². The van der Waals surface area contributed by atoms with Gasteiger partial charge in [0, 0.05) is 32.9 Å². The van der Waals surface area contributed by atoms with Crippen LogP contribution in [-0.2, 0) is 0 Å². The summed E-state index contributed by atoms with van der Waals surface area (Å²) in [5.41, 5.74) is 9.97. The molecule has 0 amide bonds. The summed E-state index contributed by atoms with van der Waals surface area (Å²) in [7, 11) is 0. The lowest BCUT2D eigenvalue weighted by atomic mass is 10.0. The molecule has 41 heavy (non-hydrogen) atoms. The number of nitrogens with zero attached hydrogens (tertiary/aromatic N) is 2. The van der Waals surface area contributed by atoms with Gasteiger partial charge >= 0.3 is 0 Å². The van der Waals surface area contributed by atoms with Crippen molar-refractivity contribution < 1.29 is 4.42 Å². The molecule has 3 aromatic heterocycles. The predicted molar refractivity (Wildman–Crippen MR) is 170 cm³/mol. The molecule has 0 atom stereocenters. The van der Waals surface area contributed by atoms with Crippen LogP contribution >= 0.6 is 0 Å². The second kappa shape index (κ2) is 8.48. The molecular weight excluding hydrogens is 500 g/mol. The SMILES string of the molecule is c1ccc(-n2c3cc(-c4ccc(-n5c6ccccc6c6ccccc65)cc4)ccc3c3c4ccccc4oc32)cc1. The molecule has 9 aromatic rings. The second-order valence-corrected chi connectivity index (χ2v) is 10.6. The monoisotopic (exact) mass is 524 g/mol. The molecule has 0 spiro atoms. The van der Waals surface area contributed by atoms with E-state index in [2.05, 4.69) is 143 Å². The van der Waals surface area contributed by atoms with Crippen LogP contribution in [0.25, 0.3) is 77.3 Å². The minimum Gasteiger partial charge on any atom is -0.439 e. The van der Waals surface area contributed by atoms with E-state index in [9.17, 15) is 0 Å². The van der Waals surface area contributed by atoms with Crippen molar-refractivity contribution in [3.63, 3.8) is 0 Å².